The van der Waals surface area contributed by atoms with Crippen molar-refractivity contribution in [2.45, 2.75) is 44.9 Å². The van der Waals surface area contributed by atoms with Gasteiger partial charge in [0.1, 0.15) is 11.5 Å². The monoisotopic (exact) mass is 444 g/mol. The molecule has 0 bridgehead atoms. The van der Waals surface area contributed by atoms with Gasteiger partial charge in [-0.2, -0.15) is 0 Å². The van der Waals surface area contributed by atoms with Crippen LogP contribution in [0.2, 0.25) is 0 Å². The molecule has 5 rings (SSSR count). The maximum Gasteiger partial charge on any atom is 0.229 e. The zero-order chi connectivity index (χ0) is 23.2. The minimum absolute atomic E-state index is 0.185. The van der Waals surface area contributed by atoms with E-state index in [-0.39, 0.29) is 11.1 Å². The SMILES string of the molecule is CC1=Nc2ccc(-c3nc(Nc4ccc(C5CCN(C)CC5)cn4)ncc3F)cc2C1(C)C. The van der Waals surface area contributed by atoms with Gasteiger partial charge in [0.2, 0.25) is 5.95 Å². The molecule has 0 amide bonds. The number of likely N-dealkylation sites (tertiary alicyclic amines) is 1. The zero-order valence-corrected chi connectivity index (χ0v) is 19.6. The Kier molecular flexibility index (Phi) is 5.44. The van der Waals surface area contributed by atoms with Crippen molar-refractivity contribution in [2.24, 2.45) is 4.99 Å². The summed E-state index contributed by atoms with van der Waals surface area (Å²) < 4.78 is 14.7. The minimum atomic E-state index is -0.459. The van der Waals surface area contributed by atoms with E-state index in [0.717, 1.165) is 42.9 Å². The topological polar surface area (TPSA) is 66.3 Å². The third-order valence-corrected chi connectivity index (χ3v) is 7.10. The lowest BCUT2D eigenvalue weighted by atomic mass is 9.81. The fourth-order valence-corrected chi connectivity index (χ4v) is 4.60. The molecule has 2 aliphatic heterocycles. The highest BCUT2D eigenvalue weighted by molar-refractivity contribution is 6.00. The van der Waals surface area contributed by atoms with E-state index < -0.39 is 5.82 Å². The van der Waals surface area contributed by atoms with Gasteiger partial charge in [0, 0.05) is 22.9 Å². The number of fused-ring (bicyclic) bond motifs is 1. The highest BCUT2D eigenvalue weighted by Crippen LogP contribution is 2.42. The van der Waals surface area contributed by atoms with Gasteiger partial charge in [-0.25, -0.2) is 19.3 Å². The lowest BCUT2D eigenvalue weighted by Crippen LogP contribution is -2.29. The predicted octanol–water partition coefficient (Wildman–Crippen LogP) is 5.61. The summed E-state index contributed by atoms with van der Waals surface area (Å²) >= 11 is 0. The maximum atomic E-state index is 14.7. The van der Waals surface area contributed by atoms with E-state index in [4.69, 9.17) is 0 Å². The standard InChI is InChI=1S/C26H29FN6/c1-16-26(2,3)20-13-18(5-7-22(20)30-16)24-21(27)15-29-25(32-24)31-23-8-6-19(14-28-23)17-9-11-33(4)12-10-17/h5-8,13-15,17H,9-12H2,1-4H3,(H,28,29,31,32). The van der Waals surface area contributed by atoms with Crippen LogP contribution in [0, 0.1) is 5.82 Å². The summed E-state index contributed by atoms with van der Waals surface area (Å²) in [6, 6.07) is 9.83. The number of aliphatic imine (C=N–C) groups is 1. The molecule has 33 heavy (non-hydrogen) atoms. The number of nitrogens with one attached hydrogen (secondary N) is 1. The number of nitrogens with zero attached hydrogens (tertiary/aromatic N) is 5. The summed E-state index contributed by atoms with van der Waals surface area (Å²) in [6.45, 7) is 8.51. The Balaban J connectivity index is 1.37. The van der Waals surface area contributed by atoms with Crippen LogP contribution in [0.4, 0.5) is 21.8 Å². The van der Waals surface area contributed by atoms with E-state index in [1.807, 2.05) is 37.4 Å². The van der Waals surface area contributed by atoms with Crippen LogP contribution in [0.25, 0.3) is 11.3 Å². The van der Waals surface area contributed by atoms with Crippen molar-refractivity contribution in [3.63, 3.8) is 0 Å². The smallest absolute Gasteiger partial charge is 0.229 e. The van der Waals surface area contributed by atoms with Gasteiger partial charge in [-0.1, -0.05) is 26.0 Å². The van der Waals surface area contributed by atoms with Crippen LogP contribution in [0.5, 0.6) is 0 Å². The average molecular weight is 445 g/mol. The lowest BCUT2D eigenvalue weighted by molar-refractivity contribution is 0.255. The van der Waals surface area contributed by atoms with Crippen molar-refractivity contribution in [3.8, 4) is 11.3 Å². The van der Waals surface area contributed by atoms with Gasteiger partial charge in [-0.15, -0.1) is 0 Å². The Morgan fingerprint density at radius 1 is 1.06 bits per heavy atom. The molecule has 1 aromatic carbocycles. The molecule has 7 heteroatoms. The largest absolute Gasteiger partial charge is 0.309 e. The number of pyridine rings is 1. The molecule has 6 nitrogen and oxygen atoms in total. The number of hydrogen-bond acceptors (Lipinski definition) is 6. The number of benzene rings is 1. The number of rotatable bonds is 4. The van der Waals surface area contributed by atoms with E-state index in [2.05, 4.69) is 57.1 Å². The molecule has 4 heterocycles. The van der Waals surface area contributed by atoms with Crippen LogP contribution < -0.4 is 5.32 Å². The van der Waals surface area contributed by atoms with E-state index in [0.29, 0.717) is 23.2 Å². The normalized spacial score (nSPS) is 18.2. The first-order valence-corrected chi connectivity index (χ1v) is 11.5. The first-order valence-electron chi connectivity index (χ1n) is 11.5. The first-order chi connectivity index (χ1) is 15.8. The van der Waals surface area contributed by atoms with Gasteiger partial charge in [0.25, 0.3) is 0 Å². The van der Waals surface area contributed by atoms with Crippen molar-refractivity contribution in [1.29, 1.82) is 0 Å². The number of halogens is 1. The van der Waals surface area contributed by atoms with Gasteiger partial charge >= 0.3 is 0 Å². The van der Waals surface area contributed by atoms with E-state index in [1.54, 1.807) is 0 Å². The van der Waals surface area contributed by atoms with Gasteiger partial charge < -0.3 is 10.2 Å². The molecule has 170 valence electrons. The third-order valence-electron chi connectivity index (χ3n) is 7.10. The molecule has 0 atom stereocenters. The summed E-state index contributed by atoms with van der Waals surface area (Å²) in [4.78, 5) is 20.2. The molecule has 1 N–H and O–H groups in total. The van der Waals surface area contributed by atoms with Crippen molar-refractivity contribution < 1.29 is 4.39 Å². The van der Waals surface area contributed by atoms with E-state index >= 15 is 0 Å². The van der Waals surface area contributed by atoms with Crippen LogP contribution in [-0.4, -0.2) is 45.7 Å². The first kappa shape index (κ1) is 21.6. The fraction of sp³-hybridized carbons (Fsp3) is 0.385. The molecule has 1 saturated heterocycles. The summed E-state index contributed by atoms with van der Waals surface area (Å²) in [5.41, 5.74) is 5.11. The fourth-order valence-electron chi connectivity index (χ4n) is 4.60. The predicted molar refractivity (Wildman–Crippen MR) is 130 cm³/mol. The Morgan fingerprint density at radius 3 is 2.58 bits per heavy atom. The second-order valence-electron chi connectivity index (χ2n) is 9.62. The number of anilines is 2. The molecular formula is C26H29FN6. The van der Waals surface area contributed by atoms with Gasteiger partial charge in [0.15, 0.2) is 5.82 Å². The van der Waals surface area contributed by atoms with Crippen molar-refractivity contribution in [1.82, 2.24) is 19.9 Å². The maximum absolute atomic E-state index is 14.7. The molecule has 2 aliphatic rings. The number of hydrogen-bond donors (Lipinski definition) is 1. The summed E-state index contributed by atoms with van der Waals surface area (Å²) in [5, 5.41) is 3.12. The summed E-state index contributed by atoms with van der Waals surface area (Å²) in [6.07, 6.45) is 5.43. The van der Waals surface area contributed by atoms with Crippen LogP contribution in [-0.2, 0) is 5.41 Å². The molecular weight excluding hydrogens is 415 g/mol. The molecule has 2 aromatic heterocycles. The number of aromatic nitrogens is 3. The third kappa shape index (κ3) is 4.13. The summed E-state index contributed by atoms with van der Waals surface area (Å²) in [7, 11) is 2.16. The number of piperidine rings is 1. The van der Waals surface area contributed by atoms with Crippen LogP contribution in [0.3, 0.4) is 0 Å². The minimum Gasteiger partial charge on any atom is -0.309 e. The Labute approximate surface area is 194 Å². The molecule has 0 radical (unpaired) electrons. The highest BCUT2D eigenvalue weighted by Gasteiger charge is 2.32. The van der Waals surface area contributed by atoms with Gasteiger partial charge in [-0.3, -0.25) is 4.99 Å². The zero-order valence-electron chi connectivity index (χ0n) is 19.6. The van der Waals surface area contributed by atoms with Crippen molar-refractivity contribution >= 4 is 23.2 Å². The molecule has 3 aromatic rings. The molecule has 0 unspecified atom stereocenters. The van der Waals surface area contributed by atoms with Crippen molar-refractivity contribution in [2.75, 3.05) is 25.5 Å². The molecule has 0 saturated carbocycles. The second kappa shape index (κ2) is 8.30. The van der Waals surface area contributed by atoms with E-state index in [1.165, 1.54) is 11.8 Å². The summed E-state index contributed by atoms with van der Waals surface area (Å²) in [5.74, 6) is 1.05. The Bertz CT molecular complexity index is 1210. The molecule has 0 spiro atoms. The van der Waals surface area contributed by atoms with E-state index in [9.17, 15) is 4.39 Å². The van der Waals surface area contributed by atoms with Crippen LogP contribution in [0.15, 0.2) is 47.7 Å². The molecule has 0 aliphatic carbocycles. The van der Waals surface area contributed by atoms with Crippen molar-refractivity contribution in [3.05, 3.63) is 59.7 Å². The quantitative estimate of drug-likeness (QED) is 0.566. The Hall–Kier alpha value is -3.19. The second-order valence-corrected chi connectivity index (χ2v) is 9.62. The van der Waals surface area contributed by atoms with Gasteiger partial charge in [0.05, 0.1) is 11.9 Å². The highest BCUT2D eigenvalue weighted by atomic mass is 19.1. The molecule has 1 fully saturated rings. The van der Waals surface area contributed by atoms with Crippen LogP contribution in [0.1, 0.15) is 50.7 Å². The average Bonchev–Trinajstić information content (AvgIpc) is 3.04. The van der Waals surface area contributed by atoms with Crippen LogP contribution >= 0.6 is 0 Å². The lowest BCUT2D eigenvalue weighted by Gasteiger charge is -2.29. The van der Waals surface area contributed by atoms with Gasteiger partial charge in [-0.05, 0) is 75.1 Å². The Morgan fingerprint density at radius 2 is 1.85 bits per heavy atom.